The lowest BCUT2D eigenvalue weighted by Crippen LogP contribution is -2.41. The number of nitrogens with zero attached hydrogens (tertiary/aromatic N) is 4. The number of fused-ring (bicyclic) bond motifs is 1. The lowest BCUT2D eigenvalue weighted by atomic mass is 9.76. The zero-order chi connectivity index (χ0) is 16.5. The zero-order valence-corrected chi connectivity index (χ0v) is 12.9. The molecule has 0 aromatic carbocycles. The van der Waals surface area contributed by atoms with Crippen LogP contribution in [0.25, 0.3) is 5.65 Å². The third-order valence-electron chi connectivity index (χ3n) is 4.48. The van der Waals surface area contributed by atoms with Gasteiger partial charge in [-0.25, -0.2) is 0 Å². The third kappa shape index (κ3) is 2.63. The number of carbonyl (C=O) groups excluding carboxylic acids is 1. The standard InChI is InChI=1S/C17H17N5O2/c23-12-8-11(9-12)15(14-5-1-2-6-18-14)20-17(24)13-4-3-7-22-10-19-21-16(13)22/h1-7,10-12,15,23H,8-9H2,(H,20,24)/t11?,12?,15-/m0/s1. The summed E-state index contributed by atoms with van der Waals surface area (Å²) in [5.41, 5.74) is 1.79. The number of rotatable bonds is 4. The van der Waals surface area contributed by atoms with E-state index in [1.165, 1.54) is 0 Å². The fourth-order valence-corrected chi connectivity index (χ4v) is 3.14. The quantitative estimate of drug-likeness (QED) is 0.756. The van der Waals surface area contributed by atoms with Crippen molar-refractivity contribution in [1.29, 1.82) is 0 Å². The first-order chi connectivity index (χ1) is 11.7. The van der Waals surface area contributed by atoms with Crippen molar-refractivity contribution in [2.45, 2.75) is 25.0 Å². The van der Waals surface area contributed by atoms with Gasteiger partial charge in [0.05, 0.1) is 23.4 Å². The summed E-state index contributed by atoms with van der Waals surface area (Å²) >= 11 is 0. The molecule has 2 N–H and O–H groups in total. The molecule has 0 bridgehead atoms. The monoisotopic (exact) mass is 323 g/mol. The van der Waals surface area contributed by atoms with Crippen molar-refractivity contribution in [2.24, 2.45) is 5.92 Å². The predicted octanol–water partition coefficient (Wildman–Crippen LogP) is 1.37. The highest BCUT2D eigenvalue weighted by Crippen LogP contribution is 2.37. The second kappa shape index (κ2) is 6.01. The maximum Gasteiger partial charge on any atom is 0.255 e. The van der Waals surface area contributed by atoms with Crippen molar-refractivity contribution in [2.75, 3.05) is 0 Å². The molecule has 1 amide bonds. The van der Waals surface area contributed by atoms with Gasteiger partial charge in [-0.15, -0.1) is 10.2 Å². The molecule has 24 heavy (non-hydrogen) atoms. The summed E-state index contributed by atoms with van der Waals surface area (Å²) in [5.74, 6) is -0.0397. The second-order valence-electron chi connectivity index (χ2n) is 6.07. The number of pyridine rings is 2. The predicted molar refractivity (Wildman–Crippen MR) is 86.2 cm³/mol. The minimum absolute atomic E-state index is 0.177. The van der Waals surface area contributed by atoms with Crippen LogP contribution in [0.5, 0.6) is 0 Å². The van der Waals surface area contributed by atoms with E-state index in [1.54, 1.807) is 35.3 Å². The van der Waals surface area contributed by atoms with E-state index < -0.39 is 0 Å². The largest absolute Gasteiger partial charge is 0.393 e. The number of nitrogens with one attached hydrogen (secondary N) is 1. The Morgan fingerprint density at radius 3 is 2.92 bits per heavy atom. The number of aromatic nitrogens is 4. The van der Waals surface area contributed by atoms with E-state index >= 15 is 0 Å². The Kier molecular flexibility index (Phi) is 3.70. The van der Waals surface area contributed by atoms with Gasteiger partial charge in [-0.2, -0.15) is 0 Å². The van der Waals surface area contributed by atoms with E-state index in [4.69, 9.17) is 0 Å². The van der Waals surface area contributed by atoms with E-state index in [-0.39, 0.29) is 24.0 Å². The van der Waals surface area contributed by atoms with Gasteiger partial charge in [0.2, 0.25) is 0 Å². The molecule has 1 aliphatic carbocycles. The van der Waals surface area contributed by atoms with Crippen molar-refractivity contribution < 1.29 is 9.90 Å². The highest BCUT2D eigenvalue weighted by atomic mass is 16.3. The third-order valence-corrected chi connectivity index (χ3v) is 4.48. The van der Waals surface area contributed by atoms with E-state index in [1.807, 2.05) is 18.2 Å². The molecule has 3 aromatic rings. The van der Waals surface area contributed by atoms with Crippen LogP contribution >= 0.6 is 0 Å². The number of aliphatic hydroxyl groups excluding tert-OH is 1. The fourth-order valence-electron chi connectivity index (χ4n) is 3.14. The van der Waals surface area contributed by atoms with Crippen LogP contribution in [0.15, 0.2) is 49.1 Å². The van der Waals surface area contributed by atoms with Gasteiger partial charge in [0.15, 0.2) is 5.65 Å². The van der Waals surface area contributed by atoms with E-state index in [0.29, 0.717) is 24.1 Å². The Morgan fingerprint density at radius 1 is 1.29 bits per heavy atom. The summed E-state index contributed by atoms with van der Waals surface area (Å²) in [7, 11) is 0. The summed E-state index contributed by atoms with van der Waals surface area (Å²) in [6, 6.07) is 8.92. The Morgan fingerprint density at radius 2 is 2.17 bits per heavy atom. The molecule has 4 rings (SSSR count). The SMILES string of the molecule is O=C(N[C@H](c1ccccn1)C1CC(O)C1)c1cccn2cnnc12. The summed E-state index contributed by atoms with van der Waals surface area (Å²) in [4.78, 5) is 17.2. The summed E-state index contributed by atoms with van der Waals surface area (Å²) in [6.45, 7) is 0. The van der Waals surface area contributed by atoms with Gasteiger partial charge in [-0.3, -0.25) is 14.2 Å². The number of aliphatic hydroxyl groups is 1. The van der Waals surface area contributed by atoms with Gasteiger partial charge in [0, 0.05) is 12.4 Å². The molecule has 0 radical (unpaired) electrons. The molecule has 0 unspecified atom stereocenters. The lowest BCUT2D eigenvalue weighted by molar-refractivity contribution is 0.0228. The van der Waals surface area contributed by atoms with Gasteiger partial charge in [-0.05, 0) is 43.0 Å². The van der Waals surface area contributed by atoms with Gasteiger partial charge in [0.25, 0.3) is 5.91 Å². The smallest absolute Gasteiger partial charge is 0.255 e. The normalized spacial score (nSPS) is 21.2. The molecule has 0 spiro atoms. The molecule has 1 aliphatic rings. The highest BCUT2D eigenvalue weighted by Gasteiger charge is 2.36. The maximum absolute atomic E-state index is 12.8. The fraction of sp³-hybridized carbons (Fsp3) is 0.294. The Hall–Kier alpha value is -2.80. The molecule has 3 heterocycles. The molecule has 1 saturated carbocycles. The van der Waals surface area contributed by atoms with E-state index in [0.717, 1.165) is 5.69 Å². The Balaban J connectivity index is 1.62. The molecule has 1 atom stereocenters. The highest BCUT2D eigenvalue weighted by molar-refractivity contribution is 5.99. The van der Waals surface area contributed by atoms with Gasteiger partial charge >= 0.3 is 0 Å². The maximum atomic E-state index is 12.8. The van der Waals surface area contributed by atoms with Gasteiger partial charge in [-0.1, -0.05) is 6.07 Å². The van der Waals surface area contributed by atoms with Crippen LogP contribution in [0.3, 0.4) is 0 Å². The minimum Gasteiger partial charge on any atom is -0.393 e. The number of amides is 1. The molecule has 7 nitrogen and oxygen atoms in total. The summed E-state index contributed by atoms with van der Waals surface area (Å²) in [5, 5.41) is 20.5. The van der Waals surface area contributed by atoms with E-state index in [2.05, 4.69) is 20.5 Å². The van der Waals surface area contributed by atoms with Crippen LogP contribution in [0.1, 0.15) is 34.9 Å². The molecular formula is C17H17N5O2. The average molecular weight is 323 g/mol. The van der Waals surface area contributed by atoms with Crippen molar-refractivity contribution >= 4 is 11.6 Å². The second-order valence-corrected chi connectivity index (χ2v) is 6.07. The zero-order valence-electron chi connectivity index (χ0n) is 12.9. The van der Waals surface area contributed by atoms with Crippen LogP contribution in [0.4, 0.5) is 0 Å². The van der Waals surface area contributed by atoms with Crippen molar-refractivity contribution in [1.82, 2.24) is 24.9 Å². The van der Waals surface area contributed by atoms with Crippen LogP contribution in [0.2, 0.25) is 0 Å². The number of carbonyl (C=O) groups is 1. The molecular weight excluding hydrogens is 306 g/mol. The number of hydrogen-bond donors (Lipinski definition) is 2. The van der Waals surface area contributed by atoms with Crippen molar-refractivity contribution in [3.8, 4) is 0 Å². The molecule has 122 valence electrons. The first-order valence-electron chi connectivity index (χ1n) is 7.90. The molecule has 0 saturated heterocycles. The molecule has 0 aliphatic heterocycles. The molecule has 1 fully saturated rings. The summed E-state index contributed by atoms with van der Waals surface area (Å²) < 4.78 is 1.71. The Bertz CT molecular complexity index is 858. The van der Waals surface area contributed by atoms with Gasteiger partial charge in [0.1, 0.15) is 6.33 Å². The van der Waals surface area contributed by atoms with E-state index in [9.17, 15) is 9.90 Å². The molecule has 3 aromatic heterocycles. The van der Waals surface area contributed by atoms with Crippen LogP contribution in [0, 0.1) is 5.92 Å². The number of hydrogen-bond acceptors (Lipinski definition) is 5. The average Bonchev–Trinajstić information content (AvgIpc) is 3.06. The van der Waals surface area contributed by atoms with Crippen LogP contribution < -0.4 is 5.32 Å². The first-order valence-corrected chi connectivity index (χ1v) is 7.90. The summed E-state index contributed by atoms with van der Waals surface area (Å²) in [6.07, 6.45) is 6.10. The van der Waals surface area contributed by atoms with Crippen LogP contribution in [-0.2, 0) is 0 Å². The van der Waals surface area contributed by atoms with Crippen LogP contribution in [-0.4, -0.2) is 36.7 Å². The Labute approximate surface area is 138 Å². The topological polar surface area (TPSA) is 92.4 Å². The molecule has 7 heteroatoms. The first kappa shape index (κ1) is 14.8. The lowest BCUT2D eigenvalue weighted by Gasteiger charge is -2.37. The van der Waals surface area contributed by atoms with Crippen molar-refractivity contribution in [3.63, 3.8) is 0 Å². The van der Waals surface area contributed by atoms with Crippen molar-refractivity contribution in [3.05, 3.63) is 60.3 Å². The van der Waals surface area contributed by atoms with Gasteiger partial charge < -0.3 is 10.4 Å². The minimum atomic E-state index is -0.293.